The molecule has 3 rings (SSSR count). The third-order valence-corrected chi connectivity index (χ3v) is 5.73. The number of hydrogen-bond donors (Lipinski definition) is 3. The van der Waals surface area contributed by atoms with Crippen molar-refractivity contribution in [3.8, 4) is 34.9 Å². The van der Waals surface area contributed by atoms with E-state index in [4.69, 9.17) is 18.0 Å². The minimum atomic E-state index is -3.77. The molecule has 0 bridgehead atoms. The number of rotatable bonds is 9. The molecular formula is C23H25ClFN7O4S. The molecule has 196 valence electrons. The van der Waals surface area contributed by atoms with Crippen molar-refractivity contribution >= 4 is 39.4 Å². The van der Waals surface area contributed by atoms with Crippen LogP contribution in [0.4, 0.5) is 20.8 Å². The standard InChI is InChI=1S/C23H25ClFN7O4S/c1-6-15(28-23(33)36-4)11-27-22-26-8-7-18(29-22)17-12-32(13(2)3)30-21(17)16-9-14(24)10-19(20(16)25)31-37(5,34)35/h1,7-10,12-13,15,31H,11H2,2-5H3,(H,28,33)(H,26,27,29)/t15-/m0/s1. The molecule has 0 radical (unpaired) electrons. The molecule has 0 unspecified atom stereocenters. The van der Waals surface area contributed by atoms with Gasteiger partial charge in [-0.1, -0.05) is 17.5 Å². The van der Waals surface area contributed by atoms with Crippen LogP contribution in [0.1, 0.15) is 19.9 Å². The zero-order valence-electron chi connectivity index (χ0n) is 20.4. The Labute approximate surface area is 218 Å². The van der Waals surface area contributed by atoms with Gasteiger partial charge in [-0.3, -0.25) is 9.40 Å². The molecule has 1 atom stereocenters. The van der Waals surface area contributed by atoms with Gasteiger partial charge in [-0.25, -0.2) is 27.6 Å². The molecular weight excluding hydrogens is 525 g/mol. The van der Waals surface area contributed by atoms with Crippen LogP contribution >= 0.6 is 11.6 Å². The maximum absolute atomic E-state index is 15.5. The van der Waals surface area contributed by atoms with E-state index in [-0.39, 0.29) is 40.5 Å². The summed E-state index contributed by atoms with van der Waals surface area (Å²) in [6.45, 7) is 3.90. The van der Waals surface area contributed by atoms with Gasteiger partial charge in [0.1, 0.15) is 11.7 Å². The van der Waals surface area contributed by atoms with Crippen LogP contribution in [-0.2, 0) is 14.8 Å². The van der Waals surface area contributed by atoms with Gasteiger partial charge in [-0.15, -0.1) is 6.42 Å². The van der Waals surface area contributed by atoms with Crippen LogP contribution < -0.4 is 15.4 Å². The smallest absolute Gasteiger partial charge is 0.407 e. The summed E-state index contributed by atoms with van der Waals surface area (Å²) in [5.41, 5.74) is 0.722. The Balaban J connectivity index is 2.04. The molecule has 11 nitrogen and oxygen atoms in total. The minimum Gasteiger partial charge on any atom is -0.453 e. The summed E-state index contributed by atoms with van der Waals surface area (Å²) in [5.74, 6) is 1.77. The number of nitrogens with zero attached hydrogens (tertiary/aromatic N) is 4. The summed E-state index contributed by atoms with van der Waals surface area (Å²) in [7, 11) is -2.54. The van der Waals surface area contributed by atoms with Crippen LogP contribution in [0.15, 0.2) is 30.6 Å². The maximum atomic E-state index is 15.5. The van der Waals surface area contributed by atoms with Gasteiger partial charge in [0.25, 0.3) is 0 Å². The van der Waals surface area contributed by atoms with Gasteiger partial charge in [-0.05, 0) is 32.0 Å². The minimum absolute atomic E-state index is 0.0177. The van der Waals surface area contributed by atoms with Crippen molar-refractivity contribution in [2.75, 3.05) is 29.9 Å². The largest absolute Gasteiger partial charge is 0.453 e. The number of halogens is 2. The zero-order valence-corrected chi connectivity index (χ0v) is 22.0. The molecule has 37 heavy (non-hydrogen) atoms. The van der Waals surface area contributed by atoms with Crippen molar-refractivity contribution in [2.24, 2.45) is 0 Å². The predicted octanol–water partition coefficient (Wildman–Crippen LogP) is 3.52. The Bertz CT molecular complexity index is 1450. The zero-order chi connectivity index (χ0) is 27.3. The van der Waals surface area contributed by atoms with E-state index in [1.54, 1.807) is 16.9 Å². The van der Waals surface area contributed by atoms with Gasteiger partial charge >= 0.3 is 6.09 Å². The molecule has 2 heterocycles. The van der Waals surface area contributed by atoms with Crippen molar-refractivity contribution < 1.29 is 22.3 Å². The van der Waals surface area contributed by atoms with E-state index in [0.717, 1.165) is 6.26 Å². The van der Waals surface area contributed by atoms with E-state index in [0.29, 0.717) is 11.3 Å². The SMILES string of the molecule is C#C[C@@H](CNc1nccc(-c2cn(C(C)C)nc2-c2cc(Cl)cc(NS(C)(=O)=O)c2F)n1)NC(=O)OC. The molecule has 3 aromatic rings. The summed E-state index contributed by atoms with van der Waals surface area (Å²) < 4.78 is 47.3. The van der Waals surface area contributed by atoms with E-state index >= 15 is 4.39 Å². The van der Waals surface area contributed by atoms with Crippen molar-refractivity contribution in [1.82, 2.24) is 25.1 Å². The van der Waals surface area contributed by atoms with Crippen LogP contribution in [-0.4, -0.2) is 60.2 Å². The number of anilines is 2. The number of sulfonamides is 1. The van der Waals surface area contributed by atoms with E-state index < -0.39 is 28.0 Å². The average Bonchev–Trinajstić information content (AvgIpc) is 3.28. The topological polar surface area (TPSA) is 140 Å². The molecule has 0 aliphatic rings. The quantitative estimate of drug-likeness (QED) is 0.344. The Morgan fingerprint density at radius 1 is 1.32 bits per heavy atom. The van der Waals surface area contributed by atoms with Gasteiger partial charge < -0.3 is 15.4 Å². The third-order valence-electron chi connectivity index (χ3n) is 4.92. The molecule has 1 aromatic carbocycles. The number of methoxy groups -OCH3 is 1. The summed E-state index contributed by atoms with van der Waals surface area (Å²) >= 11 is 6.20. The molecule has 14 heteroatoms. The second kappa shape index (κ2) is 11.4. The normalized spacial score (nSPS) is 12.1. The van der Waals surface area contributed by atoms with Crippen molar-refractivity contribution in [1.29, 1.82) is 0 Å². The lowest BCUT2D eigenvalue weighted by Crippen LogP contribution is -2.38. The molecule has 0 aliphatic carbocycles. The Morgan fingerprint density at radius 2 is 2.05 bits per heavy atom. The number of nitrogens with one attached hydrogen (secondary N) is 3. The first-order valence-electron chi connectivity index (χ1n) is 10.9. The molecule has 0 saturated heterocycles. The van der Waals surface area contributed by atoms with Gasteiger partial charge in [0.2, 0.25) is 16.0 Å². The Morgan fingerprint density at radius 3 is 2.68 bits per heavy atom. The average molecular weight is 550 g/mol. The lowest BCUT2D eigenvalue weighted by atomic mass is 10.0. The molecule has 2 aromatic heterocycles. The monoisotopic (exact) mass is 549 g/mol. The highest BCUT2D eigenvalue weighted by molar-refractivity contribution is 7.92. The third kappa shape index (κ3) is 7.08. The Kier molecular flexibility index (Phi) is 8.57. The second-order valence-corrected chi connectivity index (χ2v) is 10.3. The number of hydrogen-bond acceptors (Lipinski definition) is 8. The maximum Gasteiger partial charge on any atom is 0.407 e. The van der Waals surface area contributed by atoms with Crippen LogP contribution in [0, 0.1) is 18.2 Å². The van der Waals surface area contributed by atoms with E-state index in [1.165, 1.54) is 25.4 Å². The van der Waals surface area contributed by atoms with Crippen molar-refractivity contribution in [2.45, 2.75) is 25.9 Å². The molecule has 3 N–H and O–H groups in total. The van der Waals surface area contributed by atoms with Gasteiger partial charge in [0, 0.05) is 41.1 Å². The Hall–Kier alpha value is -3.89. The van der Waals surface area contributed by atoms with Gasteiger partial charge in [-0.2, -0.15) is 5.10 Å². The summed E-state index contributed by atoms with van der Waals surface area (Å²) in [4.78, 5) is 20.1. The fourth-order valence-electron chi connectivity index (χ4n) is 3.22. The lowest BCUT2D eigenvalue weighted by molar-refractivity contribution is 0.169. The highest BCUT2D eigenvalue weighted by Gasteiger charge is 2.22. The second-order valence-electron chi connectivity index (χ2n) is 8.16. The van der Waals surface area contributed by atoms with Crippen LogP contribution in [0.5, 0.6) is 0 Å². The van der Waals surface area contributed by atoms with E-state index in [1.807, 2.05) is 13.8 Å². The predicted molar refractivity (Wildman–Crippen MR) is 139 cm³/mol. The van der Waals surface area contributed by atoms with Crippen LogP contribution in [0.3, 0.4) is 0 Å². The first-order chi connectivity index (χ1) is 17.4. The van der Waals surface area contributed by atoms with E-state index in [9.17, 15) is 13.2 Å². The fraction of sp³-hybridized carbons (Fsp3) is 0.304. The molecule has 0 fully saturated rings. The van der Waals surface area contributed by atoms with Gasteiger partial charge in [0.05, 0.1) is 24.7 Å². The molecule has 0 aliphatic heterocycles. The van der Waals surface area contributed by atoms with Crippen molar-refractivity contribution in [3.05, 3.63) is 41.4 Å². The van der Waals surface area contributed by atoms with Crippen LogP contribution in [0.2, 0.25) is 5.02 Å². The first-order valence-corrected chi connectivity index (χ1v) is 13.1. The highest BCUT2D eigenvalue weighted by Crippen LogP contribution is 2.37. The summed E-state index contributed by atoms with van der Waals surface area (Å²) in [5, 5.41) is 10.1. The molecule has 0 spiro atoms. The number of amides is 1. The number of carbonyl (C=O) groups excluding carboxylic acids is 1. The number of alkyl carbamates (subject to hydrolysis) is 1. The van der Waals surface area contributed by atoms with E-state index in [2.05, 4.69) is 41.1 Å². The highest BCUT2D eigenvalue weighted by atomic mass is 35.5. The van der Waals surface area contributed by atoms with Crippen LogP contribution in [0.25, 0.3) is 22.5 Å². The number of carbonyl (C=O) groups is 1. The fourth-order valence-corrected chi connectivity index (χ4v) is 3.98. The number of terminal acetylenes is 1. The summed E-state index contributed by atoms with van der Waals surface area (Å²) in [6, 6.07) is 3.37. The molecule has 1 amide bonds. The summed E-state index contributed by atoms with van der Waals surface area (Å²) in [6.07, 6.45) is 8.86. The molecule has 0 saturated carbocycles. The van der Waals surface area contributed by atoms with Crippen molar-refractivity contribution in [3.63, 3.8) is 0 Å². The number of ether oxygens (including phenoxy) is 1. The lowest BCUT2D eigenvalue weighted by Gasteiger charge is -2.13. The number of aromatic nitrogens is 4. The van der Waals surface area contributed by atoms with Gasteiger partial charge in [0.15, 0.2) is 5.82 Å². The number of benzene rings is 1. The first kappa shape index (κ1) is 27.7.